The molecule has 2 aromatic heterocycles. The number of aliphatic hydroxyl groups is 1. The molecule has 4 rings (SSSR count). The maximum Gasteiger partial charge on any atom is 0.459 e. The quantitative estimate of drug-likeness (QED) is 0.147. The second-order valence-corrected chi connectivity index (χ2v) is 11.2. The molecule has 3 heterocycles. The third kappa shape index (κ3) is 6.60. The Kier molecular flexibility index (Phi) is 8.94. The SMILES string of the molecule is CNc1nc(N)nc2c1ncn2[C@@H]1O[C@H](CO[P@](=O)(N[C@H](C)C(=O)OC(C)C)Oc2ccccc2)[C@@H](O)[C@@H]1Cl. The predicted octanol–water partition coefficient (Wildman–Crippen LogP) is 2.45. The Hall–Kier alpha value is -3.00. The van der Waals surface area contributed by atoms with Crippen LogP contribution in [0.15, 0.2) is 36.7 Å². The van der Waals surface area contributed by atoms with Gasteiger partial charge in [0, 0.05) is 7.05 Å². The number of nitrogens with one attached hydrogen (secondary N) is 2. The number of ether oxygens (including phenoxy) is 2. The maximum atomic E-state index is 13.7. The van der Waals surface area contributed by atoms with Crippen LogP contribution in [0.5, 0.6) is 5.75 Å². The van der Waals surface area contributed by atoms with Gasteiger partial charge in [-0.05, 0) is 32.9 Å². The number of hydrogen-bond acceptors (Lipinski definition) is 12. The van der Waals surface area contributed by atoms with Crippen LogP contribution in [0.1, 0.15) is 27.0 Å². The zero-order valence-corrected chi connectivity index (χ0v) is 23.4. The monoisotopic (exact) mass is 583 g/mol. The average molecular weight is 584 g/mol. The van der Waals surface area contributed by atoms with E-state index in [-0.39, 0.29) is 17.8 Å². The minimum atomic E-state index is -4.18. The van der Waals surface area contributed by atoms with E-state index in [4.69, 9.17) is 35.9 Å². The molecule has 0 amide bonds. The fourth-order valence-electron chi connectivity index (χ4n) is 3.87. The van der Waals surface area contributed by atoms with Crippen molar-refractivity contribution < 1.29 is 33.0 Å². The van der Waals surface area contributed by atoms with Gasteiger partial charge in [-0.15, -0.1) is 11.6 Å². The van der Waals surface area contributed by atoms with E-state index >= 15 is 0 Å². The number of aliphatic hydroxyl groups excluding tert-OH is 1. The number of esters is 1. The van der Waals surface area contributed by atoms with E-state index in [1.807, 2.05) is 0 Å². The van der Waals surface area contributed by atoms with Gasteiger partial charge in [0.05, 0.1) is 19.0 Å². The first kappa shape index (κ1) is 29.0. The van der Waals surface area contributed by atoms with Gasteiger partial charge in [0.2, 0.25) is 5.95 Å². The van der Waals surface area contributed by atoms with Crippen LogP contribution in [0.3, 0.4) is 0 Å². The highest BCUT2D eigenvalue weighted by Crippen LogP contribution is 2.46. The summed E-state index contributed by atoms with van der Waals surface area (Å²) in [5, 5.41) is 15.4. The minimum Gasteiger partial charge on any atom is -0.462 e. The fraction of sp³-hybridized carbons (Fsp3) is 0.478. The number of hydrogen-bond donors (Lipinski definition) is 4. The Morgan fingerprint density at radius 1 is 1.28 bits per heavy atom. The van der Waals surface area contributed by atoms with Crippen molar-refractivity contribution in [2.24, 2.45) is 0 Å². The lowest BCUT2D eigenvalue weighted by Gasteiger charge is -2.25. The molecule has 39 heavy (non-hydrogen) atoms. The molecule has 0 unspecified atom stereocenters. The normalized spacial score (nSPS) is 23.5. The Labute approximate surface area is 229 Å². The number of anilines is 2. The van der Waals surface area contributed by atoms with Crippen molar-refractivity contribution in [2.75, 3.05) is 24.7 Å². The van der Waals surface area contributed by atoms with E-state index < -0.39 is 50.2 Å². The van der Waals surface area contributed by atoms with Crippen molar-refractivity contribution in [3.05, 3.63) is 36.7 Å². The molecular formula is C23H31ClN7O7P. The summed E-state index contributed by atoms with van der Waals surface area (Å²) >= 11 is 6.54. The molecule has 16 heteroatoms. The topological polar surface area (TPSA) is 185 Å². The van der Waals surface area contributed by atoms with E-state index in [9.17, 15) is 14.5 Å². The second kappa shape index (κ2) is 12.0. The number of imidazole rings is 1. The highest BCUT2D eigenvalue weighted by molar-refractivity contribution is 7.52. The van der Waals surface area contributed by atoms with E-state index in [1.54, 1.807) is 51.2 Å². The number of nitrogen functional groups attached to an aromatic ring is 1. The van der Waals surface area contributed by atoms with Crippen LogP contribution < -0.4 is 20.7 Å². The van der Waals surface area contributed by atoms with Crippen LogP contribution in [0.2, 0.25) is 0 Å². The highest BCUT2D eigenvalue weighted by atomic mass is 35.5. The van der Waals surface area contributed by atoms with Gasteiger partial charge < -0.3 is 30.2 Å². The van der Waals surface area contributed by atoms with Crippen molar-refractivity contribution in [1.29, 1.82) is 0 Å². The third-order valence-electron chi connectivity index (χ3n) is 5.68. The van der Waals surface area contributed by atoms with Gasteiger partial charge in [-0.1, -0.05) is 18.2 Å². The molecule has 0 aliphatic carbocycles. The van der Waals surface area contributed by atoms with Gasteiger partial charge in [0.1, 0.15) is 29.4 Å². The number of carbonyl (C=O) groups excluding carboxylic acids is 1. The molecule has 1 aromatic carbocycles. The summed E-state index contributed by atoms with van der Waals surface area (Å²) in [6, 6.07) is 7.27. The highest BCUT2D eigenvalue weighted by Gasteiger charge is 2.46. The summed E-state index contributed by atoms with van der Waals surface area (Å²) in [6.07, 6.45) is -2.10. The first-order valence-electron chi connectivity index (χ1n) is 12.1. The number of carbonyl (C=O) groups is 1. The second-order valence-electron chi connectivity index (χ2n) is 9.04. The maximum absolute atomic E-state index is 13.7. The molecule has 1 aliphatic heterocycles. The Morgan fingerprint density at radius 3 is 2.67 bits per heavy atom. The average Bonchev–Trinajstić information content (AvgIpc) is 3.42. The van der Waals surface area contributed by atoms with Crippen LogP contribution in [0.25, 0.3) is 11.2 Å². The summed E-state index contributed by atoms with van der Waals surface area (Å²) in [5.41, 5.74) is 6.60. The molecule has 6 atom stereocenters. The van der Waals surface area contributed by atoms with Crippen molar-refractivity contribution in [1.82, 2.24) is 24.6 Å². The van der Waals surface area contributed by atoms with Crippen molar-refractivity contribution in [2.45, 2.75) is 56.7 Å². The number of halogens is 1. The molecule has 14 nitrogen and oxygen atoms in total. The third-order valence-corrected chi connectivity index (χ3v) is 7.80. The standard InChI is InChI=1S/C23H31ClN7O7P/c1-12(2)36-22(33)13(3)30-39(34,38-14-8-6-5-7-9-14)35-10-15-18(32)16(24)21(37-15)31-11-27-17-19(26-4)28-23(25)29-20(17)31/h5-9,11-13,15-16,18,21,32H,10H2,1-4H3,(H,30,34)(H3,25,26,28,29)/t13-,15-,16+,18-,21-,39-/m1/s1. The van der Waals surface area contributed by atoms with Gasteiger partial charge in [-0.3, -0.25) is 13.9 Å². The fourth-order valence-corrected chi connectivity index (χ4v) is 5.71. The van der Waals surface area contributed by atoms with Crippen molar-refractivity contribution in [3.63, 3.8) is 0 Å². The summed E-state index contributed by atoms with van der Waals surface area (Å²) < 4.78 is 37.7. The van der Waals surface area contributed by atoms with E-state index in [1.165, 1.54) is 17.8 Å². The van der Waals surface area contributed by atoms with Crippen LogP contribution in [-0.4, -0.2) is 74.0 Å². The van der Waals surface area contributed by atoms with Gasteiger partial charge >= 0.3 is 13.7 Å². The van der Waals surface area contributed by atoms with Gasteiger partial charge in [-0.25, -0.2) is 9.55 Å². The molecule has 5 N–H and O–H groups in total. The Bertz CT molecular complexity index is 1350. The molecule has 0 radical (unpaired) electrons. The number of para-hydroxylation sites is 1. The van der Waals surface area contributed by atoms with Crippen LogP contribution in [0, 0.1) is 0 Å². The van der Waals surface area contributed by atoms with E-state index in [0.29, 0.717) is 17.0 Å². The zero-order chi connectivity index (χ0) is 28.3. The lowest BCUT2D eigenvalue weighted by atomic mass is 10.2. The lowest BCUT2D eigenvalue weighted by molar-refractivity contribution is -0.149. The summed E-state index contributed by atoms with van der Waals surface area (Å²) in [6.45, 7) is 4.47. The summed E-state index contributed by atoms with van der Waals surface area (Å²) in [5.74, 6) is 0.0169. The van der Waals surface area contributed by atoms with E-state index in [2.05, 4.69) is 25.4 Å². The minimum absolute atomic E-state index is 0.00772. The number of nitrogens with zero attached hydrogens (tertiary/aromatic N) is 4. The molecule has 1 fully saturated rings. The number of fused-ring (bicyclic) bond motifs is 1. The Morgan fingerprint density at radius 2 is 2.00 bits per heavy atom. The molecule has 3 aromatic rings. The first-order chi connectivity index (χ1) is 18.5. The molecule has 1 aliphatic rings. The molecule has 1 saturated heterocycles. The number of alkyl halides is 1. The number of aromatic nitrogens is 4. The van der Waals surface area contributed by atoms with Gasteiger partial charge in [0.15, 0.2) is 23.2 Å². The van der Waals surface area contributed by atoms with Crippen LogP contribution >= 0.6 is 19.3 Å². The number of benzene rings is 1. The zero-order valence-electron chi connectivity index (χ0n) is 21.7. The molecule has 212 valence electrons. The summed E-state index contributed by atoms with van der Waals surface area (Å²) in [4.78, 5) is 25.0. The van der Waals surface area contributed by atoms with E-state index in [0.717, 1.165) is 0 Å². The Balaban J connectivity index is 1.52. The van der Waals surface area contributed by atoms with Crippen LogP contribution in [-0.2, 0) is 23.4 Å². The molecule has 0 bridgehead atoms. The largest absolute Gasteiger partial charge is 0.462 e. The van der Waals surface area contributed by atoms with Crippen molar-refractivity contribution >= 4 is 48.2 Å². The van der Waals surface area contributed by atoms with Gasteiger partial charge in [0.25, 0.3) is 0 Å². The first-order valence-corrected chi connectivity index (χ1v) is 14.1. The van der Waals surface area contributed by atoms with Crippen molar-refractivity contribution in [3.8, 4) is 5.75 Å². The van der Waals surface area contributed by atoms with Crippen LogP contribution in [0.4, 0.5) is 11.8 Å². The predicted molar refractivity (Wildman–Crippen MR) is 143 cm³/mol. The number of nitrogens with two attached hydrogens (primary N) is 1. The smallest absolute Gasteiger partial charge is 0.459 e. The number of rotatable bonds is 11. The lowest BCUT2D eigenvalue weighted by Crippen LogP contribution is -2.37. The molecule has 0 saturated carbocycles. The molecule has 0 spiro atoms. The van der Waals surface area contributed by atoms with Gasteiger partial charge in [-0.2, -0.15) is 15.1 Å². The summed E-state index contributed by atoms with van der Waals surface area (Å²) in [7, 11) is -2.51. The molecular weight excluding hydrogens is 553 g/mol.